The fourth-order valence-corrected chi connectivity index (χ4v) is 3.02. The molecule has 4 heteroatoms. The molecular formula is C22H18O4. The SMILES string of the molecule is O=C(OCc1ccc2c(c1)OCO2)C(c1ccccc1)c1ccccc1. The number of ether oxygens (including phenoxy) is 3. The van der Waals surface area contributed by atoms with E-state index < -0.39 is 5.92 Å². The highest BCUT2D eigenvalue weighted by Crippen LogP contribution is 2.33. The van der Waals surface area contributed by atoms with Gasteiger partial charge in [-0.05, 0) is 28.8 Å². The van der Waals surface area contributed by atoms with E-state index in [1.54, 1.807) is 0 Å². The van der Waals surface area contributed by atoms with Crippen LogP contribution in [0.2, 0.25) is 0 Å². The average molecular weight is 346 g/mol. The third kappa shape index (κ3) is 3.40. The highest BCUT2D eigenvalue weighted by atomic mass is 16.7. The van der Waals surface area contributed by atoms with Crippen LogP contribution in [0.1, 0.15) is 22.6 Å². The van der Waals surface area contributed by atoms with Crippen LogP contribution in [0.4, 0.5) is 0 Å². The number of carbonyl (C=O) groups excluding carboxylic acids is 1. The zero-order valence-electron chi connectivity index (χ0n) is 14.1. The van der Waals surface area contributed by atoms with Crippen molar-refractivity contribution in [3.63, 3.8) is 0 Å². The molecule has 4 nitrogen and oxygen atoms in total. The van der Waals surface area contributed by atoms with Gasteiger partial charge in [0.05, 0.1) is 0 Å². The van der Waals surface area contributed by atoms with E-state index in [-0.39, 0.29) is 19.4 Å². The van der Waals surface area contributed by atoms with E-state index >= 15 is 0 Å². The molecule has 0 spiro atoms. The zero-order chi connectivity index (χ0) is 17.8. The molecule has 130 valence electrons. The highest BCUT2D eigenvalue weighted by Gasteiger charge is 2.24. The fourth-order valence-electron chi connectivity index (χ4n) is 3.02. The summed E-state index contributed by atoms with van der Waals surface area (Å²) < 4.78 is 16.3. The molecule has 0 atom stereocenters. The first kappa shape index (κ1) is 16.2. The van der Waals surface area contributed by atoms with Gasteiger partial charge in [-0.2, -0.15) is 0 Å². The van der Waals surface area contributed by atoms with E-state index in [2.05, 4.69) is 0 Å². The molecule has 1 aliphatic heterocycles. The van der Waals surface area contributed by atoms with Crippen molar-refractivity contribution in [1.82, 2.24) is 0 Å². The van der Waals surface area contributed by atoms with Gasteiger partial charge in [0.15, 0.2) is 11.5 Å². The Morgan fingerprint density at radius 1 is 0.846 bits per heavy atom. The predicted molar refractivity (Wildman–Crippen MR) is 97.1 cm³/mol. The number of hydrogen-bond acceptors (Lipinski definition) is 4. The summed E-state index contributed by atoms with van der Waals surface area (Å²) in [5.41, 5.74) is 2.69. The van der Waals surface area contributed by atoms with Crippen LogP contribution >= 0.6 is 0 Å². The molecule has 0 aliphatic carbocycles. The molecule has 0 N–H and O–H groups in total. The number of fused-ring (bicyclic) bond motifs is 1. The van der Waals surface area contributed by atoms with Crippen molar-refractivity contribution in [2.24, 2.45) is 0 Å². The minimum atomic E-state index is -0.452. The van der Waals surface area contributed by atoms with Crippen molar-refractivity contribution < 1.29 is 19.0 Å². The van der Waals surface area contributed by atoms with Crippen molar-refractivity contribution in [1.29, 1.82) is 0 Å². The molecule has 0 radical (unpaired) electrons. The summed E-state index contributed by atoms with van der Waals surface area (Å²) in [6, 6.07) is 24.9. The maximum atomic E-state index is 12.9. The summed E-state index contributed by atoms with van der Waals surface area (Å²) in [6.07, 6.45) is 0. The topological polar surface area (TPSA) is 44.8 Å². The summed E-state index contributed by atoms with van der Waals surface area (Å²) >= 11 is 0. The van der Waals surface area contributed by atoms with Crippen LogP contribution in [0.3, 0.4) is 0 Å². The molecule has 0 amide bonds. The second kappa shape index (κ2) is 7.31. The summed E-state index contributed by atoms with van der Waals surface area (Å²) in [5.74, 6) is 0.666. The molecule has 4 rings (SSSR count). The van der Waals surface area contributed by atoms with E-state index in [1.807, 2.05) is 78.9 Å². The summed E-state index contributed by atoms with van der Waals surface area (Å²) in [6.45, 7) is 0.411. The second-order valence-corrected chi connectivity index (χ2v) is 6.05. The number of hydrogen-bond donors (Lipinski definition) is 0. The van der Waals surface area contributed by atoms with E-state index in [0.717, 1.165) is 16.7 Å². The molecule has 26 heavy (non-hydrogen) atoms. The first-order valence-corrected chi connectivity index (χ1v) is 8.46. The lowest BCUT2D eigenvalue weighted by molar-refractivity contribution is -0.145. The van der Waals surface area contributed by atoms with Gasteiger partial charge in [-0.15, -0.1) is 0 Å². The van der Waals surface area contributed by atoms with Crippen LogP contribution in [-0.4, -0.2) is 12.8 Å². The molecule has 0 saturated carbocycles. The van der Waals surface area contributed by atoms with Gasteiger partial charge in [-0.3, -0.25) is 4.79 Å². The van der Waals surface area contributed by atoms with E-state index in [4.69, 9.17) is 14.2 Å². The Hall–Kier alpha value is -3.27. The Morgan fingerprint density at radius 2 is 1.46 bits per heavy atom. The number of carbonyl (C=O) groups is 1. The van der Waals surface area contributed by atoms with Gasteiger partial charge in [0.1, 0.15) is 12.5 Å². The van der Waals surface area contributed by atoms with E-state index in [0.29, 0.717) is 11.5 Å². The first-order valence-electron chi connectivity index (χ1n) is 8.46. The van der Waals surface area contributed by atoms with E-state index in [9.17, 15) is 4.79 Å². The zero-order valence-corrected chi connectivity index (χ0v) is 14.1. The number of rotatable bonds is 5. The molecule has 0 fully saturated rings. The van der Waals surface area contributed by atoms with Crippen molar-refractivity contribution in [2.75, 3.05) is 6.79 Å². The minimum absolute atomic E-state index is 0.186. The van der Waals surface area contributed by atoms with Gasteiger partial charge in [0, 0.05) is 0 Å². The maximum Gasteiger partial charge on any atom is 0.318 e. The smallest absolute Gasteiger partial charge is 0.318 e. The Morgan fingerprint density at radius 3 is 2.12 bits per heavy atom. The quantitative estimate of drug-likeness (QED) is 0.647. The van der Waals surface area contributed by atoms with Crippen molar-refractivity contribution >= 4 is 5.97 Å². The van der Waals surface area contributed by atoms with Crippen molar-refractivity contribution in [2.45, 2.75) is 12.5 Å². The lowest BCUT2D eigenvalue weighted by atomic mass is 9.91. The summed E-state index contributed by atoms with van der Waals surface area (Å²) in [7, 11) is 0. The maximum absolute atomic E-state index is 12.9. The first-order chi connectivity index (χ1) is 12.8. The lowest BCUT2D eigenvalue weighted by Crippen LogP contribution is -2.17. The molecule has 0 saturated heterocycles. The fraction of sp³-hybridized carbons (Fsp3) is 0.136. The van der Waals surface area contributed by atoms with Gasteiger partial charge in [-0.1, -0.05) is 66.7 Å². The van der Waals surface area contributed by atoms with Crippen molar-refractivity contribution in [3.8, 4) is 11.5 Å². The third-order valence-electron chi connectivity index (χ3n) is 4.32. The predicted octanol–water partition coefficient (Wildman–Crippen LogP) is 4.29. The lowest BCUT2D eigenvalue weighted by Gasteiger charge is -2.17. The molecule has 1 aliphatic rings. The molecule has 0 unspecified atom stereocenters. The van der Waals surface area contributed by atoms with Crippen LogP contribution in [0, 0.1) is 0 Å². The average Bonchev–Trinajstić information content (AvgIpc) is 3.16. The Bertz CT molecular complexity index is 851. The molecular weight excluding hydrogens is 328 g/mol. The van der Waals surface area contributed by atoms with Gasteiger partial charge < -0.3 is 14.2 Å². The van der Waals surface area contributed by atoms with Crippen LogP contribution in [-0.2, 0) is 16.1 Å². The van der Waals surface area contributed by atoms with E-state index in [1.165, 1.54) is 0 Å². The van der Waals surface area contributed by atoms with Gasteiger partial charge in [0.2, 0.25) is 6.79 Å². The highest BCUT2D eigenvalue weighted by molar-refractivity contribution is 5.82. The van der Waals surface area contributed by atoms with Gasteiger partial charge in [0.25, 0.3) is 0 Å². The monoisotopic (exact) mass is 346 g/mol. The van der Waals surface area contributed by atoms with Crippen molar-refractivity contribution in [3.05, 3.63) is 95.6 Å². The largest absolute Gasteiger partial charge is 0.460 e. The molecule has 1 heterocycles. The molecule has 3 aromatic carbocycles. The summed E-state index contributed by atoms with van der Waals surface area (Å²) in [5, 5.41) is 0. The van der Waals surface area contributed by atoms with Crippen LogP contribution in [0.5, 0.6) is 11.5 Å². The minimum Gasteiger partial charge on any atom is -0.460 e. The second-order valence-electron chi connectivity index (χ2n) is 6.05. The van der Waals surface area contributed by atoms with Gasteiger partial charge >= 0.3 is 5.97 Å². The Labute approximate surface area is 152 Å². The standard InChI is InChI=1S/C22H18O4/c23-22(24-14-16-11-12-19-20(13-16)26-15-25-19)21(17-7-3-1-4-8-17)18-9-5-2-6-10-18/h1-13,21H,14-15H2. The molecule has 0 aromatic heterocycles. The normalized spacial score (nSPS) is 12.2. The number of benzene rings is 3. The number of esters is 1. The van der Waals surface area contributed by atoms with Crippen LogP contribution in [0.25, 0.3) is 0 Å². The third-order valence-corrected chi connectivity index (χ3v) is 4.32. The van der Waals surface area contributed by atoms with Crippen LogP contribution in [0.15, 0.2) is 78.9 Å². The van der Waals surface area contributed by atoms with Crippen LogP contribution < -0.4 is 9.47 Å². The summed E-state index contributed by atoms with van der Waals surface area (Å²) in [4.78, 5) is 12.9. The molecule has 0 bridgehead atoms. The Kier molecular flexibility index (Phi) is 4.56. The van der Waals surface area contributed by atoms with Gasteiger partial charge in [-0.25, -0.2) is 0 Å². The Balaban J connectivity index is 1.53. The molecule has 3 aromatic rings.